The van der Waals surface area contributed by atoms with Crippen LogP contribution in [0, 0.1) is 17.0 Å². The SMILES string of the molecule is CC(=O)c1ccc(Cl)c(S(=O)(=O)Nc2ccc([N+](=O)[O-])c(C)n2)c1. The highest BCUT2D eigenvalue weighted by Crippen LogP contribution is 2.26. The largest absolute Gasteiger partial charge is 0.295 e. The lowest BCUT2D eigenvalue weighted by atomic mass is 10.1. The molecule has 8 nitrogen and oxygen atoms in total. The van der Waals surface area contributed by atoms with Crippen LogP contribution in [0.2, 0.25) is 5.02 Å². The number of hydrogen-bond acceptors (Lipinski definition) is 6. The standard InChI is InChI=1S/C14H12ClN3O5S/c1-8-12(18(20)21)5-6-14(16-8)17-24(22,23)13-7-10(9(2)19)3-4-11(13)15/h3-7H,1-2H3,(H,16,17). The Morgan fingerprint density at radius 1 is 1.29 bits per heavy atom. The summed E-state index contributed by atoms with van der Waals surface area (Å²) in [4.78, 5) is 25.1. The van der Waals surface area contributed by atoms with Crippen molar-refractivity contribution in [3.63, 3.8) is 0 Å². The summed E-state index contributed by atoms with van der Waals surface area (Å²) in [5.74, 6) is -0.408. The number of nitro groups is 1. The van der Waals surface area contributed by atoms with Gasteiger partial charge in [-0.1, -0.05) is 11.6 Å². The molecule has 0 saturated heterocycles. The highest BCUT2D eigenvalue weighted by atomic mass is 35.5. The molecule has 0 saturated carbocycles. The van der Waals surface area contributed by atoms with E-state index < -0.39 is 14.9 Å². The summed E-state index contributed by atoms with van der Waals surface area (Å²) < 4.78 is 27.1. The van der Waals surface area contributed by atoms with Crippen LogP contribution in [0.15, 0.2) is 35.2 Å². The van der Waals surface area contributed by atoms with Crippen molar-refractivity contribution in [3.05, 3.63) is 56.7 Å². The van der Waals surface area contributed by atoms with E-state index in [4.69, 9.17) is 11.6 Å². The molecule has 0 aliphatic heterocycles. The molecule has 24 heavy (non-hydrogen) atoms. The minimum absolute atomic E-state index is 0.0591. The molecule has 0 atom stereocenters. The minimum Gasteiger partial charge on any atom is -0.295 e. The predicted octanol–water partition coefficient (Wildman–Crippen LogP) is 2.96. The number of halogens is 1. The van der Waals surface area contributed by atoms with Crippen LogP contribution < -0.4 is 4.72 Å². The molecule has 0 spiro atoms. The van der Waals surface area contributed by atoms with E-state index in [-0.39, 0.29) is 38.5 Å². The lowest BCUT2D eigenvalue weighted by Gasteiger charge is -2.10. The molecule has 1 aromatic heterocycles. The number of sulfonamides is 1. The lowest BCUT2D eigenvalue weighted by Crippen LogP contribution is -2.15. The fourth-order valence-electron chi connectivity index (χ4n) is 1.92. The molecule has 10 heteroatoms. The maximum Gasteiger partial charge on any atom is 0.290 e. The summed E-state index contributed by atoms with van der Waals surface area (Å²) in [5.41, 5.74) is 0.0194. The van der Waals surface area contributed by atoms with Gasteiger partial charge in [0.15, 0.2) is 5.78 Å². The number of benzene rings is 1. The topological polar surface area (TPSA) is 119 Å². The molecule has 0 amide bonds. The van der Waals surface area contributed by atoms with Crippen LogP contribution >= 0.6 is 11.6 Å². The maximum atomic E-state index is 12.4. The highest BCUT2D eigenvalue weighted by molar-refractivity contribution is 7.92. The molecular formula is C14H12ClN3O5S. The van der Waals surface area contributed by atoms with E-state index in [9.17, 15) is 23.3 Å². The number of nitrogens with one attached hydrogen (secondary N) is 1. The Bertz CT molecular complexity index is 943. The van der Waals surface area contributed by atoms with Gasteiger partial charge in [0.1, 0.15) is 16.4 Å². The van der Waals surface area contributed by atoms with Crippen LogP contribution in [-0.2, 0) is 10.0 Å². The molecule has 0 aliphatic carbocycles. The number of Topliss-reactive ketones (excluding diaryl/α,β-unsaturated/α-hetero) is 1. The Hall–Kier alpha value is -2.52. The Labute approximate surface area is 142 Å². The molecule has 0 radical (unpaired) electrons. The van der Waals surface area contributed by atoms with Crippen LogP contribution in [-0.4, -0.2) is 24.1 Å². The molecule has 0 bridgehead atoms. The molecular weight excluding hydrogens is 358 g/mol. The van der Waals surface area contributed by atoms with Gasteiger partial charge in [-0.3, -0.25) is 19.6 Å². The number of carbonyl (C=O) groups excluding carboxylic acids is 1. The van der Waals surface area contributed by atoms with Gasteiger partial charge in [-0.15, -0.1) is 0 Å². The number of anilines is 1. The van der Waals surface area contributed by atoms with E-state index in [1.54, 1.807) is 0 Å². The summed E-state index contributed by atoms with van der Waals surface area (Å²) in [6.07, 6.45) is 0. The number of aromatic nitrogens is 1. The van der Waals surface area contributed by atoms with E-state index in [0.29, 0.717) is 0 Å². The third-order valence-corrected chi connectivity index (χ3v) is 4.96. The van der Waals surface area contributed by atoms with Crippen LogP contribution in [0.3, 0.4) is 0 Å². The van der Waals surface area contributed by atoms with Crippen molar-refractivity contribution < 1.29 is 18.1 Å². The monoisotopic (exact) mass is 369 g/mol. The van der Waals surface area contributed by atoms with Gasteiger partial charge in [-0.2, -0.15) is 0 Å². The van der Waals surface area contributed by atoms with E-state index in [0.717, 1.165) is 12.1 Å². The lowest BCUT2D eigenvalue weighted by molar-refractivity contribution is -0.385. The average Bonchev–Trinajstić information content (AvgIpc) is 2.46. The highest BCUT2D eigenvalue weighted by Gasteiger charge is 2.21. The van der Waals surface area contributed by atoms with E-state index in [1.165, 1.54) is 32.0 Å². The average molecular weight is 370 g/mol. The van der Waals surface area contributed by atoms with Crippen LogP contribution in [0.5, 0.6) is 0 Å². The molecule has 1 N–H and O–H groups in total. The number of ketones is 1. The zero-order valence-electron chi connectivity index (χ0n) is 12.6. The summed E-state index contributed by atoms with van der Waals surface area (Å²) in [6, 6.07) is 6.20. The van der Waals surface area contributed by atoms with Crippen molar-refractivity contribution in [2.75, 3.05) is 4.72 Å². The number of rotatable bonds is 5. The zero-order chi connectivity index (χ0) is 18.1. The zero-order valence-corrected chi connectivity index (χ0v) is 14.2. The molecule has 2 rings (SSSR count). The van der Waals surface area contributed by atoms with Crippen LogP contribution in [0.1, 0.15) is 23.0 Å². The van der Waals surface area contributed by atoms with Gasteiger partial charge in [0.05, 0.1) is 9.95 Å². The molecule has 0 unspecified atom stereocenters. The number of aryl methyl sites for hydroxylation is 1. The van der Waals surface area contributed by atoms with Gasteiger partial charge in [-0.05, 0) is 38.1 Å². The number of hydrogen-bond donors (Lipinski definition) is 1. The van der Waals surface area contributed by atoms with Crippen molar-refractivity contribution in [2.24, 2.45) is 0 Å². The van der Waals surface area contributed by atoms with Gasteiger partial charge in [0, 0.05) is 11.6 Å². The normalized spacial score (nSPS) is 11.1. The number of pyridine rings is 1. The van der Waals surface area contributed by atoms with Gasteiger partial charge in [-0.25, -0.2) is 13.4 Å². The van der Waals surface area contributed by atoms with E-state index in [2.05, 4.69) is 9.71 Å². The minimum atomic E-state index is -4.12. The van der Waals surface area contributed by atoms with E-state index >= 15 is 0 Å². The van der Waals surface area contributed by atoms with Gasteiger partial charge >= 0.3 is 0 Å². The molecule has 0 fully saturated rings. The molecule has 1 aromatic carbocycles. The number of carbonyl (C=O) groups is 1. The number of nitrogens with zero attached hydrogens (tertiary/aromatic N) is 2. The van der Waals surface area contributed by atoms with Crippen molar-refractivity contribution >= 4 is 38.9 Å². The summed E-state index contributed by atoms with van der Waals surface area (Å²) >= 11 is 5.91. The van der Waals surface area contributed by atoms with Gasteiger partial charge in [0.25, 0.3) is 15.7 Å². The summed E-state index contributed by atoms with van der Waals surface area (Å²) in [5, 5.41) is 10.7. The van der Waals surface area contributed by atoms with Crippen molar-refractivity contribution in [1.29, 1.82) is 0 Å². The second-order valence-corrected chi connectivity index (χ2v) is 6.92. The van der Waals surface area contributed by atoms with Crippen LogP contribution in [0.25, 0.3) is 0 Å². The first kappa shape index (κ1) is 17.8. The first-order valence-electron chi connectivity index (χ1n) is 6.57. The molecule has 2 aromatic rings. The summed E-state index contributed by atoms with van der Waals surface area (Å²) in [7, 11) is -4.12. The second-order valence-electron chi connectivity index (χ2n) is 4.87. The molecule has 0 aliphatic rings. The van der Waals surface area contributed by atoms with Gasteiger partial charge in [0.2, 0.25) is 0 Å². The third kappa shape index (κ3) is 3.69. The first-order valence-corrected chi connectivity index (χ1v) is 8.43. The Morgan fingerprint density at radius 2 is 1.96 bits per heavy atom. The predicted molar refractivity (Wildman–Crippen MR) is 87.9 cm³/mol. The molecule has 126 valence electrons. The van der Waals surface area contributed by atoms with Crippen LogP contribution in [0.4, 0.5) is 11.5 Å². The third-order valence-electron chi connectivity index (χ3n) is 3.12. The Kier molecular flexibility index (Phi) is 4.86. The maximum absolute atomic E-state index is 12.4. The summed E-state index contributed by atoms with van der Waals surface area (Å²) in [6.45, 7) is 2.69. The Morgan fingerprint density at radius 3 is 2.50 bits per heavy atom. The smallest absolute Gasteiger partial charge is 0.290 e. The first-order chi connectivity index (χ1) is 11.1. The fraction of sp³-hybridized carbons (Fsp3) is 0.143. The van der Waals surface area contributed by atoms with Crippen molar-refractivity contribution in [1.82, 2.24) is 4.98 Å². The quantitative estimate of drug-likeness (QED) is 0.491. The van der Waals surface area contributed by atoms with Gasteiger partial charge < -0.3 is 0 Å². The fourth-order valence-corrected chi connectivity index (χ4v) is 3.45. The molecule has 1 heterocycles. The van der Waals surface area contributed by atoms with Crippen molar-refractivity contribution in [2.45, 2.75) is 18.7 Å². The van der Waals surface area contributed by atoms with E-state index in [1.807, 2.05) is 0 Å². The Balaban J connectivity index is 2.42. The van der Waals surface area contributed by atoms with Crippen molar-refractivity contribution in [3.8, 4) is 0 Å². The second kappa shape index (κ2) is 6.54.